The molecule has 1 saturated heterocycles. The first-order valence-electron chi connectivity index (χ1n) is 3.23. The molecule has 0 spiro atoms. The highest BCUT2D eigenvalue weighted by atomic mass is 35.7. The fourth-order valence-corrected chi connectivity index (χ4v) is 4.07. The van der Waals surface area contributed by atoms with Gasteiger partial charge in [-0.05, 0) is 20.3 Å². The average Bonchev–Trinajstić information content (AvgIpc) is 1.54. The Morgan fingerprint density at radius 3 is 1.90 bits per heavy atom. The van der Waals surface area contributed by atoms with Crippen molar-refractivity contribution in [3.63, 3.8) is 0 Å². The lowest BCUT2D eigenvalue weighted by atomic mass is 10.2. The molecule has 0 amide bonds. The second kappa shape index (κ2) is 2.99. The molecule has 2 atom stereocenters. The Kier molecular flexibility index (Phi) is 2.63. The van der Waals surface area contributed by atoms with Crippen LogP contribution in [0.3, 0.4) is 0 Å². The van der Waals surface area contributed by atoms with Crippen molar-refractivity contribution in [3.05, 3.63) is 0 Å². The van der Waals surface area contributed by atoms with Crippen LogP contribution in [0, 0.1) is 0 Å². The summed E-state index contributed by atoms with van der Waals surface area (Å²) >= 11 is 11.4. The number of rotatable bonds is 0. The lowest BCUT2D eigenvalue weighted by molar-refractivity contribution is 0.0379. The van der Waals surface area contributed by atoms with Crippen molar-refractivity contribution >= 4 is 29.3 Å². The lowest BCUT2D eigenvalue weighted by Gasteiger charge is -2.32. The molecule has 5 heteroatoms. The molecule has 0 N–H and O–H groups in total. The summed E-state index contributed by atoms with van der Waals surface area (Å²) in [6, 6.07) is 0. The maximum Gasteiger partial charge on any atom is 0.551 e. The van der Waals surface area contributed by atoms with Crippen molar-refractivity contribution in [1.29, 1.82) is 0 Å². The minimum Gasteiger partial charge on any atom is -0.369 e. The molecule has 1 fully saturated rings. The SMILES string of the molecule is C[C@@H]1C[C@@H](C)O[Si](Cl)(Cl)O1. The molecule has 10 heavy (non-hydrogen) atoms. The van der Waals surface area contributed by atoms with E-state index in [0.717, 1.165) is 6.42 Å². The summed E-state index contributed by atoms with van der Waals surface area (Å²) in [5, 5.41) is 0. The van der Waals surface area contributed by atoms with Crippen LogP contribution in [0.4, 0.5) is 0 Å². The summed E-state index contributed by atoms with van der Waals surface area (Å²) in [5.74, 6) is 0. The van der Waals surface area contributed by atoms with Gasteiger partial charge in [0, 0.05) is 12.2 Å². The van der Waals surface area contributed by atoms with E-state index in [2.05, 4.69) is 0 Å². The van der Waals surface area contributed by atoms with Gasteiger partial charge in [0.2, 0.25) is 0 Å². The topological polar surface area (TPSA) is 18.5 Å². The molecular formula is C5H10Cl2O2Si. The van der Waals surface area contributed by atoms with E-state index in [4.69, 9.17) is 31.0 Å². The van der Waals surface area contributed by atoms with E-state index in [1.807, 2.05) is 13.8 Å². The fourth-order valence-electron chi connectivity index (χ4n) is 1.06. The highest BCUT2D eigenvalue weighted by Gasteiger charge is 2.42. The van der Waals surface area contributed by atoms with Gasteiger partial charge in [0.05, 0.1) is 0 Å². The Labute approximate surface area is 71.1 Å². The molecule has 0 radical (unpaired) electrons. The van der Waals surface area contributed by atoms with E-state index in [9.17, 15) is 0 Å². The maximum atomic E-state index is 5.72. The van der Waals surface area contributed by atoms with Crippen molar-refractivity contribution in [2.75, 3.05) is 0 Å². The molecule has 0 bridgehead atoms. The Morgan fingerprint density at radius 2 is 1.60 bits per heavy atom. The van der Waals surface area contributed by atoms with Crippen LogP contribution in [-0.4, -0.2) is 19.4 Å². The van der Waals surface area contributed by atoms with Crippen LogP contribution in [0.5, 0.6) is 0 Å². The van der Waals surface area contributed by atoms with Crippen molar-refractivity contribution in [2.24, 2.45) is 0 Å². The van der Waals surface area contributed by atoms with Gasteiger partial charge < -0.3 is 8.85 Å². The monoisotopic (exact) mass is 200 g/mol. The molecule has 0 aromatic carbocycles. The Balaban J connectivity index is 2.51. The third-order valence-electron chi connectivity index (χ3n) is 1.34. The number of hydrogen-bond acceptors (Lipinski definition) is 2. The van der Waals surface area contributed by atoms with Crippen LogP contribution in [0.25, 0.3) is 0 Å². The van der Waals surface area contributed by atoms with Gasteiger partial charge in [-0.1, -0.05) is 22.2 Å². The minimum atomic E-state index is -2.77. The van der Waals surface area contributed by atoms with Crippen LogP contribution in [0.2, 0.25) is 0 Å². The molecule has 2 nitrogen and oxygen atoms in total. The molecule has 60 valence electrons. The molecule has 1 aliphatic heterocycles. The molecule has 0 unspecified atom stereocenters. The van der Waals surface area contributed by atoms with Gasteiger partial charge in [-0.15, -0.1) is 0 Å². The van der Waals surface area contributed by atoms with Gasteiger partial charge in [-0.25, -0.2) is 0 Å². The second-order valence-electron chi connectivity index (χ2n) is 2.56. The largest absolute Gasteiger partial charge is 0.551 e. The van der Waals surface area contributed by atoms with E-state index in [1.54, 1.807) is 0 Å². The zero-order valence-electron chi connectivity index (χ0n) is 5.93. The minimum absolute atomic E-state index is 0.130. The van der Waals surface area contributed by atoms with Crippen LogP contribution in [0.15, 0.2) is 0 Å². The van der Waals surface area contributed by atoms with Crippen molar-refractivity contribution in [2.45, 2.75) is 32.5 Å². The predicted octanol–water partition coefficient (Wildman–Crippen LogP) is 2.11. The molecule has 1 rings (SSSR count). The van der Waals surface area contributed by atoms with Crippen molar-refractivity contribution in [1.82, 2.24) is 0 Å². The third-order valence-corrected chi connectivity index (χ3v) is 3.76. The molecule has 1 heterocycles. The second-order valence-corrected chi connectivity index (χ2v) is 7.52. The standard InChI is InChI=1S/C5H10Cl2O2Si/c1-4-3-5(2)9-10(6,7)8-4/h4-5H,3H2,1-2H3/t4-,5-/m1/s1. The van der Waals surface area contributed by atoms with E-state index in [-0.39, 0.29) is 12.2 Å². The summed E-state index contributed by atoms with van der Waals surface area (Å²) in [6.07, 6.45) is 1.13. The first-order chi connectivity index (χ1) is 4.49. The van der Waals surface area contributed by atoms with Gasteiger partial charge >= 0.3 is 7.18 Å². The zero-order chi connectivity index (χ0) is 7.78. The third kappa shape index (κ3) is 2.40. The van der Waals surface area contributed by atoms with Gasteiger partial charge in [-0.3, -0.25) is 0 Å². The first-order valence-corrected chi connectivity index (χ1v) is 7.07. The zero-order valence-corrected chi connectivity index (χ0v) is 8.45. The van der Waals surface area contributed by atoms with Crippen LogP contribution >= 0.6 is 22.2 Å². The highest BCUT2D eigenvalue weighted by molar-refractivity contribution is 7.39. The smallest absolute Gasteiger partial charge is 0.369 e. The van der Waals surface area contributed by atoms with Crippen LogP contribution in [-0.2, 0) is 8.85 Å². The Bertz CT molecular complexity index is 119. The van der Waals surface area contributed by atoms with Crippen LogP contribution < -0.4 is 0 Å². The van der Waals surface area contributed by atoms with Crippen molar-refractivity contribution in [3.8, 4) is 0 Å². The normalized spacial score (nSPS) is 39.6. The fraction of sp³-hybridized carbons (Fsp3) is 1.00. The van der Waals surface area contributed by atoms with Gasteiger partial charge in [0.15, 0.2) is 0 Å². The van der Waals surface area contributed by atoms with Gasteiger partial charge in [-0.2, -0.15) is 0 Å². The molecule has 0 aromatic rings. The maximum absolute atomic E-state index is 5.72. The van der Waals surface area contributed by atoms with E-state index >= 15 is 0 Å². The average molecular weight is 201 g/mol. The number of halogens is 2. The number of hydrogen-bond donors (Lipinski definition) is 0. The van der Waals surface area contributed by atoms with Crippen molar-refractivity contribution < 1.29 is 8.85 Å². The molecule has 0 saturated carbocycles. The lowest BCUT2D eigenvalue weighted by Crippen LogP contribution is -2.43. The van der Waals surface area contributed by atoms with Gasteiger partial charge in [0.1, 0.15) is 0 Å². The first kappa shape index (κ1) is 8.81. The summed E-state index contributed by atoms with van der Waals surface area (Å²) < 4.78 is 10.4. The predicted molar refractivity (Wildman–Crippen MR) is 43.2 cm³/mol. The summed E-state index contributed by atoms with van der Waals surface area (Å²) in [6.45, 7) is 3.90. The van der Waals surface area contributed by atoms with E-state index in [0.29, 0.717) is 0 Å². The summed E-state index contributed by atoms with van der Waals surface area (Å²) in [7, 11) is -2.77. The summed E-state index contributed by atoms with van der Waals surface area (Å²) in [4.78, 5) is 0. The van der Waals surface area contributed by atoms with E-state index in [1.165, 1.54) is 0 Å². The van der Waals surface area contributed by atoms with E-state index < -0.39 is 7.18 Å². The van der Waals surface area contributed by atoms with Gasteiger partial charge in [0.25, 0.3) is 0 Å². The summed E-state index contributed by atoms with van der Waals surface area (Å²) in [5.41, 5.74) is 0. The molecule has 0 aromatic heterocycles. The molecule has 1 aliphatic rings. The highest BCUT2D eigenvalue weighted by Crippen LogP contribution is 2.29. The van der Waals surface area contributed by atoms with Crippen LogP contribution in [0.1, 0.15) is 20.3 Å². The Morgan fingerprint density at radius 1 is 1.20 bits per heavy atom. The quantitative estimate of drug-likeness (QED) is 0.441. The molecule has 0 aliphatic carbocycles. The molecular weight excluding hydrogens is 191 g/mol. The Hall–Kier alpha value is 0.717.